The molecular formula is C10CaF10. The van der Waals surface area contributed by atoms with Crippen molar-refractivity contribution in [3.8, 4) is 0 Å². The third-order valence-electron chi connectivity index (χ3n) is 1.86. The Balaban J connectivity index is 0.000000364. The molecule has 0 atom stereocenters. The first-order valence-corrected chi connectivity index (χ1v) is 4.39. The fraction of sp³-hybridized carbons (Fsp3) is 0.200. The minimum absolute atomic E-state index is 0. The van der Waals surface area contributed by atoms with Gasteiger partial charge in [0.2, 0.25) is 11.8 Å². The Bertz CT molecular complexity index is 504. The van der Waals surface area contributed by atoms with Gasteiger partial charge in [-0.2, -0.15) is 12.2 Å². The summed E-state index contributed by atoms with van der Waals surface area (Å²) in [4.78, 5) is 0. The zero-order valence-corrected chi connectivity index (χ0v) is 11.7. The van der Waals surface area contributed by atoms with Gasteiger partial charge in [0.25, 0.3) is 0 Å². The van der Waals surface area contributed by atoms with E-state index in [2.05, 4.69) is 0 Å². The second-order valence-corrected chi connectivity index (χ2v) is 3.28. The molecule has 0 nitrogen and oxygen atoms in total. The minimum Gasteiger partial charge on any atom is -0.315 e. The zero-order chi connectivity index (χ0) is 15.9. The molecule has 0 spiro atoms. The molecule has 0 saturated carbocycles. The van der Waals surface area contributed by atoms with Crippen molar-refractivity contribution < 1.29 is 43.9 Å². The fourth-order valence-electron chi connectivity index (χ4n) is 0.964. The summed E-state index contributed by atoms with van der Waals surface area (Å²) in [6.45, 7) is 0. The summed E-state index contributed by atoms with van der Waals surface area (Å²) in [5.74, 6) is -21.5. The number of alkyl halides is 4. The van der Waals surface area contributed by atoms with Crippen LogP contribution in [0.3, 0.4) is 0 Å². The molecule has 0 unspecified atom stereocenters. The van der Waals surface area contributed by atoms with E-state index in [0.29, 0.717) is 12.2 Å². The molecule has 0 radical (unpaired) electrons. The van der Waals surface area contributed by atoms with Gasteiger partial charge in [-0.25, -0.2) is 35.1 Å². The van der Waals surface area contributed by atoms with E-state index in [9.17, 15) is 43.9 Å². The molecule has 2 aliphatic rings. The molecule has 0 N–H and O–H groups in total. The third-order valence-corrected chi connectivity index (χ3v) is 1.86. The van der Waals surface area contributed by atoms with Gasteiger partial charge >= 0.3 is 37.7 Å². The van der Waals surface area contributed by atoms with E-state index in [1.54, 1.807) is 0 Å². The van der Waals surface area contributed by atoms with Crippen LogP contribution in [0.25, 0.3) is 0 Å². The summed E-state index contributed by atoms with van der Waals surface area (Å²) in [5, 5.41) is 0. The van der Waals surface area contributed by atoms with E-state index < -0.39 is 46.8 Å². The van der Waals surface area contributed by atoms with E-state index in [4.69, 9.17) is 0 Å². The van der Waals surface area contributed by atoms with Gasteiger partial charge in [0.05, 0.1) is 0 Å². The largest absolute Gasteiger partial charge is 2.00 e. The standard InChI is InChI=1S/2C5F5.Ca/c2*6-2-1-5(9,10)4(8)3(2)7;/q2*-1;+2. The number of halogens is 10. The van der Waals surface area contributed by atoms with Gasteiger partial charge in [-0.1, -0.05) is 0 Å². The molecule has 0 heterocycles. The molecular weight excluding hydrogens is 350 g/mol. The van der Waals surface area contributed by atoms with Gasteiger partial charge in [0.1, 0.15) is 11.7 Å². The van der Waals surface area contributed by atoms with Crippen LogP contribution in [0.15, 0.2) is 35.0 Å². The van der Waals surface area contributed by atoms with Crippen LogP contribution in [0.4, 0.5) is 43.9 Å². The number of hydrogen-bond acceptors (Lipinski definition) is 0. The second-order valence-electron chi connectivity index (χ2n) is 3.28. The summed E-state index contributed by atoms with van der Waals surface area (Å²) < 4.78 is 118. The van der Waals surface area contributed by atoms with Gasteiger partial charge in [0, 0.05) is 11.7 Å². The molecule has 2 aliphatic carbocycles. The summed E-state index contributed by atoms with van der Waals surface area (Å²) in [6.07, 6.45) is 1.37. The van der Waals surface area contributed by atoms with Crippen LogP contribution in [0, 0.1) is 12.2 Å². The van der Waals surface area contributed by atoms with Crippen LogP contribution in [0.1, 0.15) is 0 Å². The molecule has 11 heteroatoms. The quantitative estimate of drug-likeness (QED) is 0.343. The number of hydrogen-bond donors (Lipinski definition) is 0. The molecule has 0 saturated heterocycles. The third kappa shape index (κ3) is 4.26. The molecule has 21 heavy (non-hydrogen) atoms. The van der Waals surface area contributed by atoms with Crippen molar-refractivity contribution in [1.82, 2.24) is 0 Å². The maximum absolute atomic E-state index is 11.8. The van der Waals surface area contributed by atoms with Gasteiger partial charge in [-0.05, 0) is 11.7 Å². The Labute approximate surface area is 140 Å². The summed E-state index contributed by atoms with van der Waals surface area (Å²) in [6, 6.07) is 0. The van der Waals surface area contributed by atoms with Crippen LogP contribution in [0.5, 0.6) is 0 Å². The van der Waals surface area contributed by atoms with E-state index in [1.807, 2.05) is 0 Å². The van der Waals surface area contributed by atoms with E-state index in [-0.39, 0.29) is 37.7 Å². The van der Waals surface area contributed by atoms with Crippen molar-refractivity contribution in [3.05, 3.63) is 47.1 Å². The Morgan fingerprint density at radius 2 is 0.810 bits per heavy atom. The van der Waals surface area contributed by atoms with E-state index in [0.717, 1.165) is 0 Å². The Kier molecular flexibility index (Phi) is 6.58. The van der Waals surface area contributed by atoms with Crippen molar-refractivity contribution in [3.63, 3.8) is 0 Å². The van der Waals surface area contributed by atoms with E-state index >= 15 is 0 Å². The molecule has 0 aromatic carbocycles. The molecule has 0 bridgehead atoms. The van der Waals surface area contributed by atoms with Gasteiger partial charge < -0.3 is 8.78 Å². The van der Waals surface area contributed by atoms with Crippen LogP contribution in [-0.4, -0.2) is 49.6 Å². The first-order valence-electron chi connectivity index (χ1n) is 4.39. The van der Waals surface area contributed by atoms with Crippen LogP contribution in [0.2, 0.25) is 0 Å². The SMILES string of the molecule is FC1=[C-]C(F)(F)C(F)=C1F.FC1=[C-]C(F)(F)C(F)=C1F.[Ca+2]. The minimum atomic E-state index is -4.23. The van der Waals surface area contributed by atoms with Crippen LogP contribution >= 0.6 is 0 Å². The predicted molar refractivity (Wildman–Crippen MR) is 49.9 cm³/mol. The normalized spacial score (nSPS) is 22.4. The summed E-state index contributed by atoms with van der Waals surface area (Å²) in [5.41, 5.74) is 0. The monoisotopic (exact) mass is 350 g/mol. The zero-order valence-electron chi connectivity index (χ0n) is 9.49. The second kappa shape index (κ2) is 6.74. The molecule has 0 aliphatic heterocycles. The summed E-state index contributed by atoms with van der Waals surface area (Å²) in [7, 11) is 0. The van der Waals surface area contributed by atoms with Crippen molar-refractivity contribution in [2.45, 2.75) is 11.8 Å². The van der Waals surface area contributed by atoms with Gasteiger partial charge in [0.15, 0.2) is 0 Å². The summed E-state index contributed by atoms with van der Waals surface area (Å²) >= 11 is 0. The average Bonchev–Trinajstić information content (AvgIpc) is 2.60. The topological polar surface area (TPSA) is 0 Å². The van der Waals surface area contributed by atoms with Gasteiger partial charge in [-0.15, -0.1) is 0 Å². The Morgan fingerprint density at radius 1 is 0.571 bits per heavy atom. The first-order chi connectivity index (χ1) is 8.90. The molecule has 112 valence electrons. The molecule has 0 amide bonds. The smallest absolute Gasteiger partial charge is 0.315 e. The van der Waals surface area contributed by atoms with Crippen molar-refractivity contribution in [2.24, 2.45) is 0 Å². The molecule has 0 fully saturated rings. The van der Waals surface area contributed by atoms with E-state index in [1.165, 1.54) is 0 Å². The molecule has 0 aromatic heterocycles. The Hall–Kier alpha value is -0.480. The maximum Gasteiger partial charge on any atom is 2.00 e. The van der Waals surface area contributed by atoms with Crippen LogP contribution in [-0.2, 0) is 0 Å². The molecule has 0 aromatic rings. The molecule has 2 rings (SSSR count). The average molecular weight is 350 g/mol. The van der Waals surface area contributed by atoms with Crippen molar-refractivity contribution in [2.75, 3.05) is 0 Å². The van der Waals surface area contributed by atoms with Gasteiger partial charge in [-0.3, -0.25) is 0 Å². The maximum atomic E-state index is 11.8. The van der Waals surface area contributed by atoms with Crippen molar-refractivity contribution in [1.29, 1.82) is 0 Å². The first kappa shape index (κ1) is 20.5. The van der Waals surface area contributed by atoms with Crippen LogP contribution < -0.4 is 0 Å². The van der Waals surface area contributed by atoms with Crippen molar-refractivity contribution >= 4 is 37.7 Å². The fourth-order valence-corrected chi connectivity index (χ4v) is 0.964. The Morgan fingerprint density at radius 3 is 0.857 bits per heavy atom. The predicted octanol–water partition coefficient (Wildman–Crippen LogP) is 4.50. The number of rotatable bonds is 0. The number of allylic oxidation sites excluding steroid dienone is 8.